The molecule has 0 saturated carbocycles. The minimum Gasteiger partial charge on any atom is -0.308 e. The van der Waals surface area contributed by atoms with Gasteiger partial charge in [0.15, 0.2) is 0 Å². The lowest BCUT2D eigenvalue weighted by atomic mass is 10.0. The van der Waals surface area contributed by atoms with Crippen LogP contribution in [0.2, 0.25) is 0 Å². The first-order valence-electron chi connectivity index (χ1n) is 7.65. The number of hydrogen-bond donors (Lipinski definition) is 1. The topological polar surface area (TPSA) is 12.0 Å². The molecule has 2 atom stereocenters. The molecule has 108 valence electrons. The zero-order chi connectivity index (χ0) is 14.1. The first-order chi connectivity index (χ1) is 9.15. The van der Waals surface area contributed by atoms with Gasteiger partial charge in [-0.1, -0.05) is 73.2 Å². The summed E-state index contributed by atoms with van der Waals surface area (Å²) in [5.41, 5.74) is 1.35. The summed E-state index contributed by atoms with van der Waals surface area (Å²) in [6, 6.07) is 9.47. The molecule has 0 bridgehead atoms. The van der Waals surface area contributed by atoms with E-state index in [1.807, 2.05) is 0 Å². The van der Waals surface area contributed by atoms with E-state index in [4.69, 9.17) is 0 Å². The third-order valence-electron chi connectivity index (χ3n) is 3.65. The maximum Gasteiger partial charge on any atom is 0.0305 e. The molecule has 0 heterocycles. The SMILES string of the molecule is CCCCCCCC(C)N[C@H](C)c1ccccc1Br. The van der Waals surface area contributed by atoms with E-state index in [9.17, 15) is 0 Å². The Balaban J connectivity index is 2.28. The highest BCUT2D eigenvalue weighted by Gasteiger charge is 2.11. The van der Waals surface area contributed by atoms with E-state index < -0.39 is 0 Å². The van der Waals surface area contributed by atoms with Crippen molar-refractivity contribution in [2.45, 2.75) is 71.4 Å². The van der Waals surface area contributed by atoms with Crippen LogP contribution in [0.5, 0.6) is 0 Å². The molecule has 1 aromatic carbocycles. The fourth-order valence-corrected chi connectivity index (χ4v) is 3.11. The van der Waals surface area contributed by atoms with Crippen LogP contribution in [0.15, 0.2) is 28.7 Å². The molecule has 1 N–H and O–H groups in total. The molecule has 0 saturated heterocycles. The molecule has 0 spiro atoms. The molecule has 0 aliphatic carbocycles. The average molecular weight is 326 g/mol. The lowest BCUT2D eigenvalue weighted by Gasteiger charge is -2.21. The third kappa shape index (κ3) is 6.58. The van der Waals surface area contributed by atoms with Gasteiger partial charge in [0.05, 0.1) is 0 Å². The molecule has 19 heavy (non-hydrogen) atoms. The second-order valence-corrected chi connectivity index (χ2v) is 6.37. The summed E-state index contributed by atoms with van der Waals surface area (Å²) in [4.78, 5) is 0. The summed E-state index contributed by atoms with van der Waals surface area (Å²) in [5.74, 6) is 0. The fourth-order valence-electron chi connectivity index (χ4n) is 2.48. The van der Waals surface area contributed by atoms with Gasteiger partial charge in [-0.3, -0.25) is 0 Å². The third-order valence-corrected chi connectivity index (χ3v) is 4.37. The van der Waals surface area contributed by atoms with Gasteiger partial charge in [-0.05, 0) is 31.9 Å². The van der Waals surface area contributed by atoms with E-state index in [0.29, 0.717) is 12.1 Å². The summed E-state index contributed by atoms with van der Waals surface area (Å²) in [7, 11) is 0. The minimum atomic E-state index is 0.404. The van der Waals surface area contributed by atoms with E-state index in [2.05, 4.69) is 66.3 Å². The maximum atomic E-state index is 3.70. The summed E-state index contributed by atoms with van der Waals surface area (Å²) in [6.45, 7) is 6.81. The summed E-state index contributed by atoms with van der Waals surface area (Å²) in [5, 5.41) is 3.70. The van der Waals surface area contributed by atoms with E-state index in [0.717, 1.165) is 0 Å². The highest BCUT2D eigenvalue weighted by atomic mass is 79.9. The molecule has 2 heteroatoms. The smallest absolute Gasteiger partial charge is 0.0305 e. The summed E-state index contributed by atoms with van der Waals surface area (Å²) in [6.07, 6.45) is 8.10. The Labute approximate surface area is 127 Å². The zero-order valence-corrected chi connectivity index (χ0v) is 14.2. The van der Waals surface area contributed by atoms with Gasteiger partial charge in [-0.2, -0.15) is 0 Å². The second kappa shape index (κ2) is 9.55. The van der Waals surface area contributed by atoms with Crippen LogP contribution in [-0.2, 0) is 0 Å². The molecule has 0 amide bonds. The Bertz CT molecular complexity index is 351. The molecule has 0 aliphatic heterocycles. The van der Waals surface area contributed by atoms with Crippen LogP contribution in [-0.4, -0.2) is 6.04 Å². The predicted octanol–water partition coefficient (Wildman–Crippen LogP) is 5.85. The van der Waals surface area contributed by atoms with E-state index >= 15 is 0 Å². The van der Waals surface area contributed by atoms with Crippen LogP contribution in [0.4, 0.5) is 0 Å². The van der Waals surface area contributed by atoms with Crippen LogP contribution in [0.3, 0.4) is 0 Å². The van der Waals surface area contributed by atoms with Gasteiger partial charge >= 0.3 is 0 Å². The number of nitrogens with one attached hydrogen (secondary N) is 1. The summed E-state index contributed by atoms with van der Waals surface area (Å²) < 4.78 is 1.20. The number of rotatable bonds is 9. The van der Waals surface area contributed by atoms with Crippen molar-refractivity contribution in [1.82, 2.24) is 5.32 Å². The highest BCUT2D eigenvalue weighted by Crippen LogP contribution is 2.23. The second-order valence-electron chi connectivity index (χ2n) is 5.51. The van der Waals surface area contributed by atoms with Crippen molar-refractivity contribution in [2.75, 3.05) is 0 Å². The van der Waals surface area contributed by atoms with Gasteiger partial charge in [0.2, 0.25) is 0 Å². The normalized spacial score (nSPS) is 14.3. The van der Waals surface area contributed by atoms with Crippen molar-refractivity contribution >= 4 is 15.9 Å². The molecular weight excluding hydrogens is 298 g/mol. The standard InChI is InChI=1S/C17H28BrN/c1-4-5-6-7-8-11-14(2)19-15(3)16-12-9-10-13-17(16)18/h9-10,12-15,19H,4-8,11H2,1-3H3/t14?,15-/m1/s1. The molecule has 1 unspecified atom stereocenters. The van der Waals surface area contributed by atoms with Crippen molar-refractivity contribution in [3.8, 4) is 0 Å². The van der Waals surface area contributed by atoms with Gasteiger partial charge < -0.3 is 5.32 Å². The van der Waals surface area contributed by atoms with Gasteiger partial charge in [0.1, 0.15) is 0 Å². The van der Waals surface area contributed by atoms with Gasteiger partial charge in [0.25, 0.3) is 0 Å². The van der Waals surface area contributed by atoms with Crippen molar-refractivity contribution in [1.29, 1.82) is 0 Å². The molecule has 0 radical (unpaired) electrons. The van der Waals surface area contributed by atoms with E-state index in [-0.39, 0.29) is 0 Å². The predicted molar refractivity (Wildman–Crippen MR) is 88.5 cm³/mol. The average Bonchev–Trinajstić information content (AvgIpc) is 2.39. The van der Waals surface area contributed by atoms with Crippen LogP contribution in [0.25, 0.3) is 0 Å². The first-order valence-corrected chi connectivity index (χ1v) is 8.45. The quantitative estimate of drug-likeness (QED) is 0.561. The summed E-state index contributed by atoms with van der Waals surface area (Å²) >= 11 is 3.63. The molecule has 1 rings (SSSR count). The van der Waals surface area contributed by atoms with Crippen molar-refractivity contribution < 1.29 is 0 Å². The monoisotopic (exact) mass is 325 g/mol. The Kier molecular flexibility index (Phi) is 8.40. The number of halogens is 1. The van der Waals surface area contributed by atoms with Crippen molar-refractivity contribution in [3.05, 3.63) is 34.3 Å². The molecule has 1 nitrogen and oxygen atoms in total. The highest BCUT2D eigenvalue weighted by molar-refractivity contribution is 9.10. The fraction of sp³-hybridized carbons (Fsp3) is 0.647. The van der Waals surface area contributed by atoms with Gasteiger partial charge in [-0.15, -0.1) is 0 Å². The van der Waals surface area contributed by atoms with Crippen LogP contribution in [0, 0.1) is 0 Å². The molecule has 0 aliphatic rings. The maximum absolute atomic E-state index is 3.70. The molecular formula is C17H28BrN. The van der Waals surface area contributed by atoms with Crippen LogP contribution >= 0.6 is 15.9 Å². The van der Waals surface area contributed by atoms with Crippen LogP contribution in [0.1, 0.15) is 70.9 Å². The van der Waals surface area contributed by atoms with E-state index in [1.165, 1.54) is 48.6 Å². The largest absolute Gasteiger partial charge is 0.308 e. The van der Waals surface area contributed by atoms with Gasteiger partial charge in [0, 0.05) is 16.6 Å². The Hall–Kier alpha value is -0.340. The van der Waals surface area contributed by atoms with Gasteiger partial charge in [-0.25, -0.2) is 0 Å². The van der Waals surface area contributed by atoms with E-state index in [1.54, 1.807) is 0 Å². The molecule has 0 fully saturated rings. The number of benzene rings is 1. The Morgan fingerprint density at radius 1 is 1.05 bits per heavy atom. The van der Waals surface area contributed by atoms with Crippen molar-refractivity contribution in [2.24, 2.45) is 0 Å². The first kappa shape index (κ1) is 16.7. The number of unbranched alkanes of at least 4 members (excludes halogenated alkanes) is 4. The number of hydrogen-bond acceptors (Lipinski definition) is 1. The molecule has 1 aromatic rings. The Morgan fingerprint density at radius 3 is 2.42 bits per heavy atom. The lowest BCUT2D eigenvalue weighted by molar-refractivity contribution is 0.436. The Morgan fingerprint density at radius 2 is 1.74 bits per heavy atom. The molecule has 0 aromatic heterocycles. The van der Waals surface area contributed by atoms with Crippen molar-refractivity contribution in [3.63, 3.8) is 0 Å². The zero-order valence-electron chi connectivity index (χ0n) is 12.6. The minimum absolute atomic E-state index is 0.404. The lowest BCUT2D eigenvalue weighted by Crippen LogP contribution is -2.29. The van der Waals surface area contributed by atoms with Crippen LogP contribution < -0.4 is 5.32 Å².